The molecule has 1 heterocycles. The van der Waals surface area contributed by atoms with Crippen molar-refractivity contribution >= 4 is 26.9 Å². The van der Waals surface area contributed by atoms with Crippen LogP contribution in [0.5, 0.6) is 0 Å². The van der Waals surface area contributed by atoms with Gasteiger partial charge in [-0.3, -0.25) is 0 Å². The molecule has 0 spiro atoms. The Morgan fingerprint density at radius 1 is 0.486 bits per heavy atom. The van der Waals surface area contributed by atoms with E-state index in [1.54, 1.807) is 36.4 Å². The molecule has 0 amide bonds. The van der Waals surface area contributed by atoms with Gasteiger partial charge in [-0.15, -0.1) is 0 Å². The third-order valence-corrected chi connectivity index (χ3v) is 8.34. The van der Waals surface area contributed by atoms with Crippen molar-refractivity contribution in [2.45, 2.75) is 16.2 Å². The van der Waals surface area contributed by atoms with E-state index in [4.69, 9.17) is 0 Å². The normalized spacial score (nSPS) is 12.6. The first-order valence-corrected chi connectivity index (χ1v) is 13.1. The second-order valence-corrected chi connectivity index (χ2v) is 10.5. The first-order chi connectivity index (χ1) is 17.1. The molecule has 35 heavy (non-hydrogen) atoms. The molecule has 1 aliphatic heterocycles. The fourth-order valence-corrected chi connectivity index (χ4v) is 6.39. The number of anilines is 3. The molecular weight excluding hydrogens is 450 g/mol. The largest absolute Gasteiger partial charge is 0.309 e. The summed E-state index contributed by atoms with van der Waals surface area (Å²) in [5.41, 5.74) is 7.21. The van der Waals surface area contributed by atoms with Crippen molar-refractivity contribution in [3.05, 3.63) is 139 Å². The molecule has 4 heteroatoms. The van der Waals surface area contributed by atoms with Crippen molar-refractivity contribution in [2.75, 3.05) is 4.90 Å². The Labute approximate surface area is 205 Å². The summed E-state index contributed by atoms with van der Waals surface area (Å²) in [4.78, 5) is 2.85. The third kappa shape index (κ3) is 3.63. The van der Waals surface area contributed by atoms with E-state index in [1.807, 2.05) is 36.4 Å². The molecule has 5 aromatic rings. The number of hydrogen-bond donors (Lipinski definition) is 0. The average molecular weight is 474 g/mol. The van der Waals surface area contributed by atoms with Crippen LogP contribution in [-0.4, -0.2) is 8.42 Å². The molecule has 6 rings (SSSR count). The van der Waals surface area contributed by atoms with Gasteiger partial charge in [0.05, 0.1) is 15.5 Å². The first-order valence-electron chi connectivity index (χ1n) is 11.6. The number of hydrogen-bond acceptors (Lipinski definition) is 3. The molecule has 3 nitrogen and oxygen atoms in total. The molecule has 5 aromatic carbocycles. The van der Waals surface area contributed by atoms with Crippen LogP contribution in [0.25, 0.3) is 11.1 Å². The van der Waals surface area contributed by atoms with E-state index in [0.29, 0.717) is 15.4 Å². The lowest BCUT2D eigenvalue weighted by Gasteiger charge is -2.35. The summed E-state index contributed by atoms with van der Waals surface area (Å²) >= 11 is 0. The number of nitrogens with zero attached hydrogens (tertiary/aromatic N) is 1. The van der Waals surface area contributed by atoms with Gasteiger partial charge in [-0.2, -0.15) is 0 Å². The van der Waals surface area contributed by atoms with Crippen LogP contribution >= 0.6 is 0 Å². The molecule has 1 aliphatic rings. The van der Waals surface area contributed by atoms with E-state index in [9.17, 15) is 8.42 Å². The minimum absolute atomic E-state index is 0.290. The predicted octanol–water partition coefficient (Wildman–Crippen LogP) is 7.56. The van der Waals surface area contributed by atoms with Crippen LogP contribution in [0.3, 0.4) is 0 Å². The summed E-state index contributed by atoms with van der Waals surface area (Å²) in [6.07, 6.45) is 0.865. The maximum atomic E-state index is 13.7. The van der Waals surface area contributed by atoms with Gasteiger partial charge in [0, 0.05) is 28.9 Å². The van der Waals surface area contributed by atoms with Gasteiger partial charge in [0.1, 0.15) is 0 Å². The van der Waals surface area contributed by atoms with Crippen LogP contribution in [0.1, 0.15) is 11.1 Å². The summed E-state index contributed by atoms with van der Waals surface area (Å²) in [5, 5.41) is 0. The number of rotatable bonds is 4. The van der Waals surface area contributed by atoms with Crippen LogP contribution in [0.4, 0.5) is 17.1 Å². The zero-order valence-corrected chi connectivity index (χ0v) is 19.8. The fraction of sp³-hybridized carbons (Fsp3) is 0.0323. The molecular formula is C31H23NO2S. The van der Waals surface area contributed by atoms with Gasteiger partial charge in [0.25, 0.3) is 0 Å². The molecule has 0 radical (unpaired) electrons. The van der Waals surface area contributed by atoms with E-state index in [-0.39, 0.29) is 0 Å². The number of sulfone groups is 1. The molecule has 0 fully saturated rings. The first kappa shape index (κ1) is 21.4. The molecule has 0 unspecified atom stereocenters. The highest BCUT2D eigenvalue weighted by atomic mass is 32.2. The number of benzene rings is 5. The minimum atomic E-state index is -3.70. The monoisotopic (exact) mass is 473 g/mol. The van der Waals surface area contributed by atoms with Crippen LogP contribution in [0.15, 0.2) is 137 Å². The van der Waals surface area contributed by atoms with Crippen LogP contribution in [0.2, 0.25) is 0 Å². The second-order valence-electron chi connectivity index (χ2n) is 8.60. The van der Waals surface area contributed by atoms with E-state index in [1.165, 1.54) is 11.1 Å². The van der Waals surface area contributed by atoms with Crippen LogP contribution < -0.4 is 4.90 Å². The SMILES string of the molecule is O=S(=O)(c1ccccc1)c1ccccc1-c1ccccc1N1c2ccccc2Cc2ccccc21. The molecule has 0 bridgehead atoms. The molecule has 0 saturated carbocycles. The standard InChI is InChI=1S/C31H23NO2S/c33-35(34,25-14-2-1-3-15-25)31-21-11-7-17-27(31)26-16-6-10-20-30(26)32-28-18-8-4-12-23(28)22-24-13-5-9-19-29(24)32/h1-21H,22H2. The Morgan fingerprint density at radius 3 is 1.63 bits per heavy atom. The van der Waals surface area contributed by atoms with Crippen molar-refractivity contribution in [2.24, 2.45) is 0 Å². The van der Waals surface area contributed by atoms with E-state index in [2.05, 4.69) is 59.5 Å². The van der Waals surface area contributed by atoms with Gasteiger partial charge in [0.15, 0.2) is 0 Å². The molecule has 0 N–H and O–H groups in total. The van der Waals surface area contributed by atoms with E-state index in [0.717, 1.165) is 29.0 Å². The van der Waals surface area contributed by atoms with Crippen LogP contribution in [0, 0.1) is 0 Å². The van der Waals surface area contributed by atoms with Gasteiger partial charge in [-0.25, -0.2) is 8.42 Å². The van der Waals surface area contributed by atoms with Crippen LogP contribution in [-0.2, 0) is 16.3 Å². The Morgan fingerprint density at radius 2 is 0.971 bits per heavy atom. The lowest BCUT2D eigenvalue weighted by atomic mass is 9.93. The van der Waals surface area contributed by atoms with Crippen molar-refractivity contribution in [3.8, 4) is 11.1 Å². The summed E-state index contributed by atoms with van der Waals surface area (Å²) in [6.45, 7) is 0. The lowest BCUT2D eigenvalue weighted by Crippen LogP contribution is -2.19. The van der Waals surface area contributed by atoms with E-state index >= 15 is 0 Å². The van der Waals surface area contributed by atoms with Crippen molar-refractivity contribution < 1.29 is 8.42 Å². The van der Waals surface area contributed by atoms with Crippen molar-refractivity contribution in [3.63, 3.8) is 0 Å². The average Bonchev–Trinajstić information content (AvgIpc) is 2.92. The molecule has 0 saturated heterocycles. The summed E-state index contributed by atoms with van der Waals surface area (Å²) in [5.74, 6) is 0. The molecule has 170 valence electrons. The molecule has 0 aliphatic carbocycles. The molecule has 0 aromatic heterocycles. The quantitative estimate of drug-likeness (QED) is 0.265. The summed E-state index contributed by atoms with van der Waals surface area (Å²) < 4.78 is 27.4. The zero-order chi connectivity index (χ0) is 23.8. The maximum Gasteiger partial charge on any atom is 0.207 e. The van der Waals surface area contributed by atoms with E-state index < -0.39 is 9.84 Å². The highest BCUT2D eigenvalue weighted by molar-refractivity contribution is 7.91. The highest BCUT2D eigenvalue weighted by Crippen LogP contribution is 2.47. The van der Waals surface area contributed by atoms with Crippen molar-refractivity contribution in [1.29, 1.82) is 0 Å². The van der Waals surface area contributed by atoms with Gasteiger partial charge in [-0.1, -0.05) is 91.0 Å². The van der Waals surface area contributed by atoms with Gasteiger partial charge in [-0.05, 0) is 47.5 Å². The number of fused-ring (bicyclic) bond motifs is 2. The Hall–Kier alpha value is -4.15. The molecule has 0 atom stereocenters. The Bertz CT molecular complexity index is 1600. The Kier molecular flexibility index (Phi) is 5.24. The van der Waals surface area contributed by atoms with Gasteiger partial charge < -0.3 is 4.90 Å². The predicted molar refractivity (Wildman–Crippen MR) is 141 cm³/mol. The van der Waals surface area contributed by atoms with Crippen molar-refractivity contribution in [1.82, 2.24) is 0 Å². The fourth-order valence-electron chi connectivity index (χ4n) is 4.90. The zero-order valence-electron chi connectivity index (χ0n) is 19.0. The smallest absolute Gasteiger partial charge is 0.207 e. The topological polar surface area (TPSA) is 37.4 Å². The van der Waals surface area contributed by atoms with Gasteiger partial charge in [0.2, 0.25) is 9.84 Å². The third-order valence-electron chi connectivity index (χ3n) is 6.51. The summed E-state index contributed by atoms with van der Waals surface area (Å²) in [6, 6.07) is 40.8. The lowest BCUT2D eigenvalue weighted by molar-refractivity contribution is 0.596. The number of para-hydroxylation sites is 3. The summed E-state index contributed by atoms with van der Waals surface area (Å²) in [7, 11) is -3.70. The highest BCUT2D eigenvalue weighted by Gasteiger charge is 2.28. The van der Waals surface area contributed by atoms with Gasteiger partial charge >= 0.3 is 0 Å². The second kappa shape index (κ2) is 8.57. The Balaban J connectivity index is 1.59. The minimum Gasteiger partial charge on any atom is -0.309 e. The maximum absolute atomic E-state index is 13.7.